The molecule has 0 unspecified atom stereocenters. The molecule has 3 aromatic rings. The highest BCUT2D eigenvalue weighted by atomic mass is 16.5. The minimum absolute atomic E-state index is 0.0610. The van der Waals surface area contributed by atoms with Crippen molar-refractivity contribution in [3.05, 3.63) is 71.2 Å². The summed E-state index contributed by atoms with van der Waals surface area (Å²) in [6, 6.07) is 13.8. The lowest BCUT2D eigenvalue weighted by Gasteiger charge is -2.50. The van der Waals surface area contributed by atoms with E-state index in [2.05, 4.69) is 27.6 Å². The number of aromatic nitrogens is 2. The first-order valence-corrected chi connectivity index (χ1v) is 12.2. The SMILES string of the molecule is COc1ncccc1-c1ccc(C(=O)N2CCC3(CC2)c2ccc(C(C)=O)n2CCN3C)cc1C. The Labute approximate surface area is 206 Å². The fourth-order valence-electron chi connectivity index (χ4n) is 5.84. The molecule has 1 spiro atoms. The summed E-state index contributed by atoms with van der Waals surface area (Å²) in [4.78, 5) is 34.2. The number of piperidine rings is 1. The zero-order valence-corrected chi connectivity index (χ0v) is 20.9. The number of benzene rings is 1. The lowest BCUT2D eigenvalue weighted by Crippen LogP contribution is -2.56. The number of ether oxygens (including phenoxy) is 1. The second kappa shape index (κ2) is 8.96. The van der Waals surface area contributed by atoms with Crippen LogP contribution in [0.3, 0.4) is 0 Å². The number of fused-ring (bicyclic) bond motifs is 2. The van der Waals surface area contributed by atoms with Crippen LogP contribution in [0.25, 0.3) is 11.1 Å². The number of aryl methyl sites for hydroxylation is 1. The van der Waals surface area contributed by atoms with Gasteiger partial charge in [0.2, 0.25) is 5.88 Å². The third kappa shape index (κ3) is 3.84. The van der Waals surface area contributed by atoms with Crippen molar-refractivity contribution >= 4 is 11.7 Å². The van der Waals surface area contributed by atoms with Crippen LogP contribution in [-0.2, 0) is 12.1 Å². The van der Waals surface area contributed by atoms with Gasteiger partial charge in [-0.2, -0.15) is 0 Å². The van der Waals surface area contributed by atoms with Crippen LogP contribution in [0.5, 0.6) is 5.88 Å². The quantitative estimate of drug-likeness (QED) is 0.534. The van der Waals surface area contributed by atoms with Crippen LogP contribution in [0.1, 0.15) is 51.9 Å². The Balaban J connectivity index is 1.36. The molecule has 0 atom stereocenters. The normalized spacial score (nSPS) is 17.3. The van der Waals surface area contributed by atoms with Crippen LogP contribution in [0.2, 0.25) is 0 Å². The van der Waals surface area contributed by atoms with E-state index in [0.717, 1.165) is 48.3 Å². The van der Waals surface area contributed by atoms with Gasteiger partial charge >= 0.3 is 0 Å². The largest absolute Gasteiger partial charge is 0.481 e. The highest BCUT2D eigenvalue weighted by Crippen LogP contribution is 2.42. The minimum Gasteiger partial charge on any atom is -0.481 e. The number of pyridine rings is 1. The number of hydrogen-bond donors (Lipinski definition) is 0. The molecule has 182 valence electrons. The van der Waals surface area contributed by atoms with E-state index in [4.69, 9.17) is 4.74 Å². The Morgan fingerprint density at radius 3 is 2.46 bits per heavy atom. The number of likely N-dealkylation sites (N-methyl/N-ethyl adjacent to an activating group) is 1. The lowest BCUT2D eigenvalue weighted by molar-refractivity contribution is 0.0128. The second-order valence-corrected chi connectivity index (χ2v) is 9.65. The van der Waals surface area contributed by atoms with Crippen LogP contribution in [0.15, 0.2) is 48.7 Å². The van der Waals surface area contributed by atoms with Gasteiger partial charge in [0, 0.05) is 56.1 Å². The number of nitrogens with zero attached hydrogens (tertiary/aromatic N) is 4. The Morgan fingerprint density at radius 1 is 1.00 bits per heavy atom. The van der Waals surface area contributed by atoms with E-state index in [9.17, 15) is 9.59 Å². The summed E-state index contributed by atoms with van der Waals surface area (Å²) >= 11 is 0. The number of rotatable bonds is 4. The van der Waals surface area contributed by atoms with Crippen molar-refractivity contribution in [3.8, 4) is 17.0 Å². The van der Waals surface area contributed by atoms with E-state index >= 15 is 0 Å². The smallest absolute Gasteiger partial charge is 0.253 e. The third-order valence-electron chi connectivity index (χ3n) is 7.81. The molecular weight excluding hydrogens is 440 g/mol. The predicted octanol–water partition coefficient (Wildman–Crippen LogP) is 4.15. The average Bonchev–Trinajstić information content (AvgIpc) is 3.32. The molecular formula is C28H32N4O3. The van der Waals surface area contributed by atoms with E-state index in [1.165, 1.54) is 5.69 Å². The number of likely N-dealkylation sites (tertiary alicyclic amines) is 1. The second-order valence-electron chi connectivity index (χ2n) is 9.65. The van der Waals surface area contributed by atoms with Crippen LogP contribution in [-0.4, -0.2) is 64.8 Å². The van der Waals surface area contributed by atoms with Crippen molar-refractivity contribution in [2.75, 3.05) is 33.8 Å². The van der Waals surface area contributed by atoms with Gasteiger partial charge in [-0.3, -0.25) is 14.5 Å². The van der Waals surface area contributed by atoms with Crippen molar-refractivity contribution < 1.29 is 14.3 Å². The molecule has 1 amide bonds. The van der Waals surface area contributed by atoms with Gasteiger partial charge < -0.3 is 14.2 Å². The number of carbonyl (C=O) groups excluding carboxylic acids is 2. The van der Waals surface area contributed by atoms with Gasteiger partial charge in [-0.05, 0) is 74.3 Å². The van der Waals surface area contributed by atoms with Crippen molar-refractivity contribution in [1.29, 1.82) is 0 Å². The average molecular weight is 473 g/mol. The van der Waals surface area contributed by atoms with Crippen molar-refractivity contribution in [2.24, 2.45) is 0 Å². The van der Waals surface area contributed by atoms with Gasteiger partial charge in [0.25, 0.3) is 5.91 Å². The Morgan fingerprint density at radius 2 is 1.77 bits per heavy atom. The molecule has 0 saturated carbocycles. The van der Waals surface area contributed by atoms with Gasteiger partial charge in [0.1, 0.15) is 0 Å². The van der Waals surface area contributed by atoms with Crippen LogP contribution >= 0.6 is 0 Å². The van der Waals surface area contributed by atoms with Crippen LogP contribution < -0.4 is 4.74 Å². The Kier molecular flexibility index (Phi) is 5.97. The van der Waals surface area contributed by atoms with Crippen LogP contribution in [0.4, 0.5) is 0 Å². The van der Waals surface area contributed by atoms with E-state index in [-0.39, 0.29) is 17.2 Å². The summed E-state index contributed by atoms with van der Waals surface area (Å²) < 4.78 is 7.61. The number of Topliss-reactive ketones (excluding diaryl/α,β-unsaturated/α-hetero) is 1. The number of hydrogen-bond acceptors (Lipinski definition) is 5. The summed E-state index contributed by atoms with van der Waals surface area (Å²) in [7, 11) is 3.78. The van der Waals surface area contributed by atoms with Crippen molar-refractivity contribution in [1.82, 2.24) is 19.4 Å². The predicted molar refractivity (Wildman–Crippen MR) is 135 cm³/mol. The number of amides is 1. The standard InChI is InChI=1S/C28H32N4O3/c1-19-18-21(7-8-22(19)23-6-5-13-29-26(23)35-4)27(34)31-14-11-28(12-15-31)25-10-9-24(20(2)33)32(25)17-16-30(28)3/h5-10,13,18H,11-12,14-17H2,1-4H3. The number of carbonyl (C=O) groups is 2. The molecule has 2 aliphatic rings. The zero-order chi connectivity index (χ0) is 24.7. The molecule has 4 heterocycles. The maximum absolute atomic E-state index is 13.4. The molecule has 0 aliphatic carbocycles. The minimum atomic E-state index is -0.140. The Bertz CT molecular complexity index is 1290. The van der Waals surface area contributed by atoms with Crippen molar-refractivity contribution in [3.63, 3.8) is 0 Å². The summed E-state index contributed by atoms with van der Waals surface area (Å²) in [5.41, 5.74) is 5.48. The molecule has 2 aromatic heterocycles. The highest BCUT2D eigenvalue weighted by molar-refractivity contribution is 5.95. The van der Waals surface area contributed by atoms with E-state index in [1.54, 1.807) is 20.2 Å². The molecule has 1 aromatic carbocycles. The van der Waals surface area contributed by atoms with E-state index in [1.807, 2.05) is 48.2 Å². The maximum Gasteiger partial charge on any atom is 0.253 e. The van der Waals surface area contributed by atoms with Crippen LogP contribution in [0, 0.1) is 6.92 Å². The lowest BCUT2D eigenvalue weighted by atomic mass is 9.81. The summed E-state index contributed by atoms with van der Waals surface area (Å²) in [5.74, 6) is 0.738. The van der Waals surface area contributed by atoms with Gasteiger partial charge in [-0.1, -0.05) is 6.07 Å². The van der Waals surface area contributed by atoms with Gasteiger partial charge in [-0.15, -0.1) is 0 Å². The van der Waals surface area contributed by atoms with Gasteiger partial charge in [0.05, 0.1) is 18.3 Å². The molecule has 0 bridgehead atoms. The number of ketones is 1. The molecule has 7 nitrogen and oxygen atoms in total. The molecule has 35 heavy (non-hydrogen) atoms. The fourth-order valence-corrected chi connectivity index (χ4v) is 5.84. The van der Waals surface area contributed by atoms with Gasteiger partial charge in [-0.25, -0.2) is 4.98 Å². The summed E-state index contributed by atoms with van der Waals surface area (Å²) in [6.07, 6.45) is 3.40. The highest BCUT2D eigenvalue weighted by Gasteiger charge is 2.45. The molecule has 1 saturated heterocycles. The first-order valence-electron chi connectivity index (χ1n) is 12.2. The molecule has 2 aliphatic heterocycles. The Hall–Kier alpha value is -3.45. The zero-order valence-electron chi connectivity index (χ0n) is 20.9. The monoisotopic (exact) mass is 472 g/mol. The van der Waals surface area contributed by atoms with E-state index in [0.29, 0.717) is 24.5 Å². The van der Waals surface area contributed by atoms with Crippen molar-refractivity contribution in [2.45, 2.75) is 38.8 Å². The number of methoxy groups -OCH3 is 1. The molecule has 1 fully saturated rings. The molecule has 5 rings (SSSR count). The fraction of sp³-hybridized carbons (Fsp3) is 0.393. The third-order valence-corrected chi connectivity index (χ3v) is 7.81. The molecule has 0 radical (unpaired) electrons. The first kappa shape index (κ1) is 23.3. The summed E-state index contributed by atoms with van der Waals surface area (Å²) in [6.45, 7) is 6.73. The van der Waals surface area contributed by atoms with E-state index < -0.39 is 0 Å². The topological polar surface area (TPSA) is 67.7 Å². The first-order chi connectivity index (χ1) is 16.9. The molecule has 0 N–H and O–H groups in total. The molecule has 7 heteroatoms. The van der Waals surface area contributed by atoms with Gasteiger partial charge in [0.15, 0.2) is 5.78 Å². The summed E-state index contributed by atoms with van der Waals surface area (Å²) in [5, 5.41) is 0. The maximum atomic E-state index is 13.4.